The Morgan fingerprint density at radius 1 is 1.10 bits per heavy atom. The van der Waals surface area contributed by atoms with E-state index >= 15 is 0 Å². The molecule has 21 heavy (non-hydrogen) atoms. The lowest BCUT2D eigenvalue weighted by atomic mass is 9.79. The molecule has 0 aromatic heterocycles. The molecule has 2 aromatic carbocycles. The molecule has 3 heteroatoms. The van der Waals surface area contributed by atoms with E-state index in [4.69, 9.17) is 5.73 Å². The summed E-state index contributed by atoms with van der Waals surface area (Å²) in [5.74, 6) is 0.0542. The molecule has 2 aromatic rings. The smallest absolute Gasteiger partial charge is 0.161 e. The topological polar surface area (TPSA) is 66.5 Å². The number of fused-ring (bicyclic) bond motifs is 1. The lowest BCUT2D eigenvalue weighted by Crippen LogP contribution is -2.22. The molecule has 0 amide bonds. The molecule has 1 aliphatic rings. The molecule has 0 saturated heterocycles. The Hall–Kier alpha value is -2.26. The average Bonchev–Trinajstić information content (AvgIpc) is 2.51. The number of phenolic OH excluding ortho intramolecular Hbond substituents is 2. The van der Waals surface area contributed by atoms with Gasteiger partial charge in [-0.15, -0.1) is 0 Å². The second-order valence-electron chi connectivity index (χ2n) is 5.59. The van der Waals surface area contributed by atoms with Gasteiger partial charge in [0.1, 0.15) is 0 Å². The van der Waals surface area contributed by atoms with Crippen molar-refractivity contribution in [3.8, 4) is 11.5 Å². The van der Waals surface area contributed by atoms with Crippen molar-refractivity contribution in [2.45, 2.75) is 25.3 Å². The minimum atomic E-state index is -0.126. The van der Waals surface area contributed by atoms with E-state index in [0.29, 0.717) is 6.42 Å². The first-order chi connectivity index (χ1) is 10.1. The van der Waals surface area contributed by atoms with Gasteiger partial charge < -0.3 is 15.9 Å². The highest BCUT2D eigenvalue weighted by Gasteiger charge is 2.26. The van der Waals surface area contributed by atoms with Crippen LogP contribution in [0.2, 0.25) is 0 Å². The quantitative estimate of drug-likeness (QED) is 0.741. The molecule has 0 aliphatic heterocycles. The summed E-state index contributed by atoms with van der Waals surface area (Å²) >= 11 is 0. The number of hydrogen-bond acceptors (Lipinski definition) is 3. The second kappa shape index (κ2) is 5.26. The fraction of sp³-hybridized carbons (Fsp3) is 0.222. The van der Waals surface area contributed by atoms with E-state index in [9.17, 15) is 10.2 Å². The summed E-state index contributed by atoms with van der Waals surface area (Å²) in [7, 11) is 0. The second-order valence-corrected chi connectivity index (χ2v) is 5.59. The molecule has 2 atom stereocenters. The molecule has 3 rings (SSSR count). The first kappa shape index (κ1) is 13.7. The monoisotopic (exact) mass is 281 g/mol. The normalized spacial score (nSPS) is 18.8. The van der Waals surface area contributed by atoms with Crippen LogP contribution in [0, 0.1) is 0 Å². The van der Waals surface area contributed by atoms with E-state index in [1.54, 1.807) is 0 Å². The lowest BCUT2D eigenvalue weighted by molar-refractivity contribution is 0.398. The Labute approximate surface area is 124 Å². The molecule has 0 saturated carbocycles. The molecule has 3 nitrogen and oxygen atoms in total. The Bertz CT molecular complexity index is 690. The first-order valence-corrected chi connectivity index (χ1v) is 7.14. The van der Waals surface area contributed by atoms with Crippen LogP contribution in [0.25, 0.3) is 5.57 Å². The molecule has 2 unspecified atom stereocenters. The molecule has 0 radical (unpaired) electrons. The van der Waals surface area contributed by atoms with Gasteiger partial charge in [0.25, 0.3) is 0 Å². The highest BCUT2D eigenvalue weighted by atomic mass is 16.3. The highest BCUT2D eigenvalue weighted by Crippen LogP contribution is 2.42. The van der Waals surface area contributed by atoms with Crippen LogP contribution < -0.4 is 5.73 Å². The van der Waals surface area contributed by atoms with E-state index < -0.39 is 0 Å². The predicted molar refractivity (Wildman–Crippen MR) is 84.3 cm³/mol. The fourth-order valence-corrected chi connectivity index (χ4v) is 3.00. The van der Waals surface area contributed by atoms with Crippen LogP contribution in [0.3, 0.4) is 0 Å². The van der Waals surface area contributed by atoms with Gasteiger partial charge in [-0.3, -0.25) is 0 Å². The van der Waals surface area contributed by atoms with E-state index in [1.807, 2.05) is 31.2 Å². The van der Waals surface area contributed by atoms with Gasteiger partial charge in [-0.2, -0.15) is 0 Å². The number of nitrogens with two attached hydrogens (primary N) is 1. The molecule has 108 valence electrons. The van der Waals surface area contributed by atoms with Crippen LogP contribution in [-0.2, 0) is 6.42 Å². The van der Waals surface area contributed by atoms with E-state index in [1.165, 1.54) is 11.6 Å². The molecular weight excluding hydrogens is 262 g/mol. The van der Waals surface area contributed by atoms with Gasteiger partial charge in [0, 0.05) is 17.5 Å². The molecule has 0 bridgehead atoms. The van der Waals surface area contributed by atoms with Crippen molar-refractivity contribution in [3.63, 3.8) is 0 Å². The molecule has 0 spiro atoms. The molecule has 1 aliphatic carbocycles. The SMILES string of the molecule is CC(N)C1=CC(c2ccccc2)Cc2c1ccc(O)c2O. The van der Waals surface area contributed by atoms with Crippen molar-refractivity contribution in [1.82, 2.24) is 0 Å². The number of aromatic hydroxyl groups is 2. The van der Waals surface area contributed by atoms with Crippen molar-refractivity contribution in [3.05, 3.63) is 65.2 Å². The molecule has 0 fully saturated rings. The maximum absolute atomic E-state index is 10.2. The first-order valence-electron chi connectivity index (χ1n) is 7.14. The minimum absolute atomic E-state index is 0.0281. The number of benzene rings is 2. The van der Waals surface area contributed by atoms with Gasteiger partial charge in [-0.25, -0.2) is 0 Å². The van der Waals surface area contributed by atoms with Crippen LogP contribution in [0.15, 0.2) is 48.5 Å². The summed E-state index contributed by atoms with van der Waals surface area (Å²) in [4.78, 5) is 0. The van der Waals surface area contributed by atoms with E-state index in [2.05, 4.69) is 18.2 Å². The van der Waals surface area contributed by atoms with Gasteiger partial charge in [-0.05, 0) is 36.1 Å². The number of hydrogen-bond donors (Lipinski definition) is 3. The standard InChI is InChI=1S/C18H19NO2/c1-11(19)15-9-13(12-5-3-2-4-6-12)10-16-14(15)7-8-17(20)18(16)21/h2-9,11,13,20-21H,10,19H2,1H3. The lowest BCUT2D eigenvalue weighted by Gasteiger charge is -2.27. The molecular formula is C18H19NO2. The minimum Gasteiger partial charge on any atom is -0.504 e. The molecule has 0 heterocycles. The van der Waals surface area contributed by atoms with Crippen molar-refractivity contribution in [2.75, 3.05) is 0 Å². The van der Waals surface area contributed by atoms with Crippen molar-refractivity contribution in [1.29, 1.82) is 0 Å². The van der Waals surface area contributed by atoms with Crippen LogP contribution >= 0.6 is 0 Å². The van der Waals surface area contributed by atoms with E-state index in [0.717, 1.165) is 16.7 Å². The van der Waals surface area contributed by atoms with Crippen molar-refractivity contribution < 1.29 is 10.2 Å². The van der Waals surface area contributed by atoms with Gasteiger partial charge in [0.15, 0.2) is 11.5 Å². The maximum atomic E-state index is 10.2. The van der Waals surface area contributed by atoms with Gasteiger partial charge in [0.2, 0.25) is 0 Å². The average molecular weight is 281 g/mol. The maximum Gasteiger partial charge on any atom is 0.161 e. The number of rotatable bonds is 2. The number of phenols is 2. The Kier molecular flexibility index (Phi) is 3.43. The third-order valence-corrected chi connectivity index (χ3v) is 4.10. The zero-order chi connectivity index (χ0) is 15.0. The Balaban J connectivity index is 2.13. The summed E-state index contributed by atoms with van der Waals surface area (Å²) in [5.41, 5.74) is 10.0. The van der Waals surface area contributed by atoms with Gasteiger partial charge >= 0.3 is 0 Å². The van der Waals surface area contributed by atoms with Crippen molar-refractivity contribution in [2.24, 2.45) is 5.73 Å². The number of allylic oxidation sites excluding steroid dienone is 1. The van der Waals surface area contributed by atoms with Gasteiger partial charge in [0.05, 0.1) is 0 Å². The third kappa shape index (κ3) is 2.41. The van der Waals surface area contributed by atoms with Gasteiger partial charge in [-0.1, -0.05) is 42.5 Å². The van der Waals surface area contributed by atoms with Crippen molar-refractivity contribution >= 4 is 5.57 Å². The predicted octanol–water partition coefficient (Wildman–Crippen LogP) is 3.17. The Morgan fingerprint density at radius 2 is 1.81 bits per heavy atom. The van der Waals surface area contributed by atoms with Crippen LogP contribution in [0.1, 0.15) is 29.5 Å². The van der Waals surface area contributed by atoms with Crippen LogP contribution in [0.4, 0.5) is 0 Å². The zero-order valence-electron chi connectivity index (χ0n) is 12.0. The summed E-state index contributed by atoms with van der Waals surface area (Å²) in [6.07, 6.45) is 2.84. The van der Waals surface area contributed by atoms with E-state index in [-0.39, 0.29) is 23.5 Å². The van der Waals surface area contributed by atoms with Crippen LogP contribution in [-0.4, -0.2) is 16.3 Å². The fourth-order valence-electron chi connectivity index (χ4n) is 3.00. The summed E-state index contributed by atoms with van der Waals surface area (Å²) in [6.45, 7) is 1.94. The Morgan fingerprint density at radius 3 is 2.48 bits per heavy atom. The summed E-state index contributed by atoms with van der Waals surface area (Å²) in [5, 5.41) is 19.9. The zero-order valence-corrected chi connectivity index (χ0v) is 12.0. The van der Waals surface area contributed by atoms with Crippen LogP contribution in [0.5, 0.6) is 11.5 Å². The molecule has 4 N–H and O–H groups in total. The summed E-state index contributed by atoms with van der Waals surface area (Å²) in [6, 6.07) is 13.4. The third-order valence-electron chi connectivity index (χ3n) is 4.10. The largest absolute Gasteiger partial charge is 0.504 e. The summed E-state index contributed by atoms with van der Waals surface area (Å²) < 4.78 is 0. The highest BCUT2D eigenvalue weighted by molar-refractivity contribution is 5.77.